The highest BCUT2D eigenvalue weighted by Gasteiger charge is 1.98. The Kier molecular flexibility index (Phi) is 4.58. The van der Waals surface area contributed by atoms with E-state index in [-0.39, 0.29) is 10.4 Å². The highest BCUT2D eigenvalue weighted by atomic mass is 35.5. The molecule has 4 nitrogen and oxygen atoms in total. The second-order valence-corrected chi connectivity index (χ2v) is 4.22. The molecule has 1 aromatic rings. The van der Waals surface area contributed by atoms with Gasteiger partial charge in [0.1, 0.15) is 5.82 Å². The Morgan fingerprint density at radius 3 is 3.07 bits per heavy atom. The molecule has 6 heteroatoms. The highest BCUT2D eigenvalue weighted by molar-refractivity contribution is 8.13. The summed E-state index contributed by atoms with van der Waals surface area (Å²) in [4.78, 5) is 18.2. The van der Waals surface area contributed by atoms with E-state index in [4.69, 9.17) is 17.3 Å². The predicted octanol–water partition coefficient (Wildman–Crippen LogP) is 2.01. The maximum Gasteiger partial charge on any atom is 0.224 e. The van der Waals surface area contributed by atoms with Crippen LogP contribution in [0.2, 0.25) is 5.28 Å². The van der Waals surface area contributed by atoms with Crippen LogP contribution in [0, 0.1) is 0 Å². The minimum atomic E-state index is 0.0833. The van der Waals surface area contributed by atoms with Crippen LogP contribution in [0.1, 0.15) is 12.5 Å². The molecule has 0 radical (unpaired) electrons. The lowest BCUT2D eigenvalue weighted by Crippen LogP contribution is -1.95. The molecule has 0 saturated heterocycles. The van der Waals surface area contributed by atoms with Crippen LogP contribution in [-0.2, 0) is 4.79 Å². The number of carbonyl (C=O) groups excluding carboxylic acids is 1. The van der Waals surface area contributed by atoms with Gasteiger partial charge in [-0.25, -0.2) is 9.97 Å². The lowest BCUT2D eigenvalue weighted by molar-refractivity contribution is -0.109. The number of carbonyl (C=O) groups is 1. The van der Waals surface area contributed by atoms with Gasteiger partial charge in [-0.2, -0.15) is 0 Å². The number of anilines is 1. The largest absolute Gasteiger partial charge is 0.383 e. The van der Waals surface area contributed by atoms with E-state index in [9.17, 15) is 4.79 Å². The first kappa shape index (κ1) is 12.0. The Labute approximate surface area is 96.9 Å². The van der Waals surface area contributed by atoms with Gasteiger partial charge in [-0.3, -0.25) is 4.79 Å². The second-order valence-electron chi connectivity index (χ2n) is 2.68. The number of aromatic nitrogens is 2. The van der Waals surface area contributed by atoms with Crippen molar-refractivity contribution >= 4 is 40.4 Å². The average Bonchev–Trinajstić information content (AvgIpc) is 2.14. The van der Waals surface area contributed by atoms with Crippen LogP contribution >= 0.6 is 23.4 Å². The third kappa shape index (κ3) is 4.31. The summed E-state index contributed by atoms with van der Waals surface area (Å²) in [6.07, 6.45) is 5.14. The fraction of sp³-hybridized carbons (Fsp3) is 0.222. The molecule has 15 heavy (non-hydrogen) atoms. The molecule has 0 amide bonds. The molecule has 0 aliphatic heterocycles. The van der Waals surface area contributed by atoms with Crippen molar-refractivity contribution in [2.75, 3.05) is 11.5 Å². The lowest BCUT2D eigenvalue weighted by atomic mass is 10.3. The van der Waals surface area contributed by atoms with Crippen LogP contribution in [0.5, 0.6) is 0 Å². The van der Waals surface area contributed by atoms with Crippen molar-refractivity contribution in [3.63, 3.8) is 0 Å². The molecular weight excluding hydrogens is 234 g/mol. The fourth-order valence-corrected chi connectivity index (χ4v) is 1.42. The summed E-state index contributed by atoms with van der Waals surface area (Å²) in [6, 6.07) is 0. The number of halogens is 1. The first-order valence-corrected chi connectivity index (χ1v) is 5.54. The molecule has 0 aromatic carbocycles. The predicted molar refractivity (Wildman–Crippen MR) is 63.6 cm³/mol. The zero-order valence-electron chi connectivity index (χ0n) is 8.11. The molecule has 0 saturated carbocycles. The zero-order valence-corrected chi connectivity index (χ0v) is 9.68. The molecule has 0 atom stereocenters. The van der Waals surface area contributed by atoms with E-state index in [2.05, 4.69) is 9.97 Å². The topological polar surface area (TPSA) is 68.9 Å². The third-order valence-electron chi connectivity index (χ3n) is 1.50. The van der Waals surface area contributed by atoms with Gasteiger partial charge in [0.15, 0.2) is 5.12 Å². The summed E-state index contributed by atoms with van der Waals surface area (Å²) in [5.74, 6) is 0.941. The molecule has 0 aliphatic rings. The van der Waals surface area contributed by atoms with E-state index in [0.717, 1.165) is 0 Å². The first-order valence-electron chi connectivity index (χ1n) is 4.17. The Hall–Kier alpha value is -1.07. The van der Waals surface area contributed by atoms with E-state index in [1.165, 1.54) is 18.7 Å². The third-order valence-corrected chi connectivity index (χ3v) is 2.45. The average molecular weight is 244 g/mol. The monoisotopic (exact) mass is 243 g/mol. The van der Waals surface area contributed by atoms with E-state index >= 15 is 0 Å². The Morgan fingerprint density at radius 1 is 1.73 bits per heavy atom. The zero-order chi connectivity index (χ0) is 11.3. The Balaban J connectivity index is 2.60. The van der Waals surface area contributed by atoms with Crippen LogP contribution in [0.25, 0.3) is 6.08 Å². The molecule has 0 fully saturated rings. The van der Waals surface area contributed by atoms with E-state index in [1.807, 2.05) is 6.08 Å². The van der Waals surface area contributed by atoms with Crippen molar-refractivity contribution < 1.29 is 4.79 Å². The number of thioether (sulfide) groups is 1. The molecular formula is C9H10ClN3OS. The lowest BCUT2D eigenvalue weighted by Gasteiger charge is -1.98. The van der Waals surface area contributed by atoms with Crippen molar-refractivity contribution in [1.82, 2.24) is 9.97 Å². The number of nitrogens with two attached hydrogens (primary N) is 1. The normalized spacial score (nSPS) is 10.8. The van der Waals surface area contributed by atoms with Crippen LogP contribution in [0.4, 0.5) is 5.82 Å². The van der Waals surface area contributed by atoms with Crippen LogP contribution < -0.4 is 5.73 Å². The van der Waals surface area contributed by atoms with Crippen molar-refractivity contribution in [2.45, 2.75) is 6.92 Å². The van der Waals surface area contributed by atoms with Gasteiger partial charge in [0, 0.05) is 24.4 Å². The maximum atomic E-state index is 10.6. The van der Waals surface area contributed by atoms with Gasteiger partial charge < -0.3 is 5.73 Å². The van der Waals surface area contributed by atoms with Gasteiger partial charge >= 0.3 is 0 Å². The minimum Gasteiger partial charge on any atom is -0.383 e. The Bertz CT molecular complexity index is 395. The van der Waals surface area contributed by atoms with E-state index < -0.39 is 0 Å². The molecule has 1 aromatic heterocycles. The Morgan fingerprint density at radius 2 is 2.47 bits per heavy atom. The van der Waals surface area contributed by atoms with Crippen molar-refractivity contribution in [3.8, 4) is 0 Å². The quantitative estimate of drug-likeness (QED) is 0.823. The molecule has 1 heterocycles. The van der Waals surface area contributed by atoms with Gasteiger partial charge in [0.25, 0.3) is 0 Å². The van der Waals surface area contributed by atoms with Gasteiger partial charge in [-0.1, -0.05) is 23.9 Å². The number of hydrogen-bond donors (Lipinski definition) is 1. The van der Waals surface area contributed by atoms with E-state index in [0.29, 0.717) is 17.1 Å². The summed E-state index contributed by atoms with van der Waals surface area (Å²) in [7, 11) is 0. The molecule has 1 rings (SSSR count). The smallest absolute Gasteiger partial charge is 0.224 e. The molecule has 0 spiro atoms. The standard InChI is InChI=1S/C9H10ClN3OS/c1-6(14)15-4-2-3-7-5-12-9(10)13-8(7)11/h2-3,5H,4H2,1H3,(H2,11,12,13). The summed E-state index contributed by atoms with van der Waals surface area (Å²) in [5, 5.41) is 0.211. The van der Waals surface area contributed by atoms with Gasteiger partial charge in [0.2, 0.25) is 5.28 Å². The van der Waals surface area contributed by atoms with Crippen molar-refractivity contribution in [3.05, 3.63) is 23.1 Å². The SMILES string of the molecule is CC(=O)SCC=Cc1cnc(Cl)nc1N. The summed E-state index contributed by atoms with van der Waals surface area (Å²) in [5.41, 5.74) is 6.30. The summed E-state index contributed by atoms with van der Waals surface area (Å²) >= 11 is 6.77. The molecule has 0 aliphatic carbocycles. The number of nitrogens with zero attached hydrogens (tertiary/aromatic N) is 2. The minimum absolute atomic E-state index is 0.0833. The molecule has 80 valence electrons. The number of hydrogen-bond acceptors (Lipinski definition) is 5. The summed E-state index contributed by atoms with van der Waals surface area (Å²) < 4.78 is 0. The van der Waals surface area contributed by atoms with Crippen LogP contribution in [0.3, 0.4) is 0 Å². The summed E-state index contributed by atoms with van der Waals surface area (Å²) in [6.45, 7) is 1.53. The molecule has 2 N–H and O–H groups in total. The molecule has 0 unspecified atom stereocenters. The second kappa shape index (κ2) is 5.72. The highest BCUT2D eigenvalue weighted by Crippen LogP contribution is 2.12. The van der Waals surface area contributed by atoms with Gasteiger partial charge in [0.05, 0.1) is 0 Å². The number of rotatable bonds is 3. The van der Waals surface area contributed by atoms with Crippen LogP contribution in [-0.4, -0.2) is 20.8 Å². The van der Waals surface area contributed by atoms with Crippen molar-refractivity contribution in [1.29, 1.82) is 0 Å². The van der Waals surface area contributed by atoms with Crippen molar-refractivity contribution in [2.24, 2.45) is 0 Å². The van der Waals surface area contributed by atoms with Crippen LogP contribution in [0.15, 0.2) is 12.3 Å². The fourth-order valence-electron chi connectivity index (χ4n) is 0.851. The van der Waals surface area contributed by atoms with Gasteiger partial charge in [-0.15, -0.1) is 0 Å². The van der Waals surface area contributed by atoms with Gasteiger partial charge in [-0.05, 0) is 11.6 Å². The van der Waals surface area contributed by atoms with E-state index in [1.54, 1.807) is 12.3 Å². The first-order chi connectivity index (χ1) is 7.09. The maximum absolute atomic E-state index is 10.6. The molecule has 0 bridgehead atoms. The number of nitrogen functional groups attached to an aromatic ring is 1.